The molecule has 0 saturated heterocycles. The van der Waals surface area contributed by atoms with Gasteiger partial charge in [0.1, 0.15) is 12.4 Å². The van der Waals surface area contributed by atoms with E-state index in [1.54, 1.807) is 24.3 Å². The minimum absolute atomic E-state index is 0.134. The zero-order chi connectivity index (χ0) is 21.6. The third-order valence-electron chi connectivity index (χ3n) is 4.28. The van der Waals surface area contributed by atoms with Gasteiger partial charge in [0.05, 0.1) is 11.8 Å². The Morgan fingerprint density at radius 2 is 1.67 bits per heavy atom. The number of amides is 1. The number of rotatable bonds is 6. The highest BCUT2D eigenvalue weighted by Crippen LogP contribution is 2.31. The molecule has 0 fully saturated rings. The molecule has 3 aromatic rings. The topological polar surface area (TPSA) is 50.7 Å². The molecule has 4 nitrogen and oxygen atoms in total. The van der Waals surface area contributed by atoms with Gasteiger partial charge in [-0.25, -0.2) is 5.43 Å². The lowest BCUT2D eigenvalue weighted by atomic mass is 10.1. The summed E-state index contributed by atoms with van der Waals surface area (Å²) in [7, 11) is 0. The van der Waals surface area contributed by atoms with E-state index in [9.17, 15) is 18.0 Å². The molecule has 0 aliphatic rings. The van der Waals surface area contributed by atoms with E-state index in [1.165, 1.54) is 23.8 Å². The molecule has 0 aliphatic heterocycles. The summed E-state index contributed by atoms with van der Waals surface area (Å²) in [6.07, 6.45) is -3.53. The number of hydrazone groups is 1. The fourth-order valence-corrected chi connectivity index (χ4v) is 2.65. The first-order valence-corrected chi connectivity index (χ1v) is 9.11. The van der Waals surface area contributed by atoms with Crippen molar-refractivity contribution >= 4 is 12.1 Å². The zero-order valence-electron chi connectivity index (χ0n) is 16.1. The van der Waals surface area contributed by atoms with Crippen LogP contribution in [0.2, 0.25) is 0 Å². The second-order valence-corrected chi connectivity index (χ2v) is 6.58. The van der Waals surface area contributed by atoms with Gasteiger partial charge in [0, 0.05) is 11.1 Å². The lowest BCUT2D eigenvalue weighted by molar-refractivity contribution is -0.137. The van der Waals surface area contributed by atoms with E-state index in [2.05, 4.69) is 10.5 Å². The molecule has 0 aromatic heterocycles. The van der Waals surface area contributed by atoms with Gasteiger partial charge < -0.3 is 4.74 Å². The average Bonchev–Trinajstić information content (AvgIpc) is 2.73. The minimum atomic E-state index is -4.50. The van der Waals surface area contributed by atoms with Gasteiger partial charge in [0.25, 0.3) is 5.91 Å². The first-order chi connectivity index (χ1) is 14.3. The summed E-state index contributed by atoms with van der Waals surface area (Å²) in [4.78, 5) is 12.2. The maximum absolute atomic E-state index is 13.0. The number of nitrogens with zero attached hydrogens (tertiary/aromatic N) is 1. The second kappa shape index (κ2) is 9.26. The number of hydrogen-bond donors (Lipinski definition) is 1. The van der Waals surface area contributed by atoms with Crippen molar-refractivity contribution in [2.75, 3.05) is 0 Å². The summed E-state index contributed by atoms with van der Waals surface area (Å²) >= 11 is 0. The fraction of sp³-hybridized carbons (Fsp3) is 0.130. The standard InChI is InChI=1S/C23H19F3N2O2/c1-16-6-8-17(9-7-16)15-30-20-12-10-18(11-13-20)22(29)28-27-14-19-4-2-3-5-21(19)23(24,25)26/h2-14H,15H2,1H3,(H,28,29)/b27-14-. The molecule has 0 atom stereocenters. The van der Waals surface area contributed by atoms with E-state index in [1.807, 2.05) is 31.2 Å². The van der Waals surface area contributed by atoms with Crippen LogP contribution in [0.4, 0.5) is 13.2 Å². The number of carbonyl (C=O) groups excluding carboxylic acids is 1. The third kappa shape index (κ3) is 5.70. The average molecular weight is 412 g/mol. The van der Waals surface area contributed by atoms with E-state index >= 15 is 0 Å². The van der Waals surface area contributed by atoms with Crippen LogP contribution in [0.5, 0.6) is 5.75 Å². The zero-order valence-corrected chi connectivity index (χ0v) is 16.1. The molecule has 0 bridgehead atoms. The smallest absolute Gasteiger partial charge is 0.417 e. The fourth-order valence-electron chi connectivity index (χ4n) is 2.65. The molecule has 7 heteroatoms. The van der Waals surface area contributed by atoms with Crippen LogP contribution in [0.15, 0.2) is 77.9 Å². The summed E-state index contributed by atoms with van der Waals surface area (Å²) in [5, 5.41) is 3.64. The van der Waals surface area contributed by atoms with E-state index in [0.29, 0.717) is 17.9 Å². The lowest BCUT2D eigenvalue weighted by Crippen LogP contribution is -2.18. The molecule has 1 N–H and O–H groups in total. The lowest BCUT2D eigenvalue weighted by Gasteiger charge is -2.09. The Labute approximate surface area is 172 Å². The monoisotopic (exact) mass is 412 g/mol. The number of carbonyl (C=O) groups is 1. The summed E-state index contributed by atoms with van der Waals surface area (Å²) in [6, 6.07) is 19.3. The molecular formula is C23H19F3N2O2. The van der Waals surface area contributed by atoms with Crippen LogP contribution in [0, 0.1) is 6.92 Å². The summed E-state index contributed by atoms with van der Waals surface area (Å²) in [6.45, 7) is 2.41. The summed E-state index contributed by atoms with van der Waals surface area (Å²) in [5.74, 6) is 0.0514. The van der Waals surface area contributed by atoms with Gasteiger partial charge in [-0.2, -0.15) is 18.3 Å². The quantitative estimate of drug-likeness (QED) is 0.438. The van der Waals surface area contributed by atoms with E-state index in [0.717, 1.165) is 17.8 Å². The highest BCUT2D eigenvalue weighted by molar-refractivity contribution is 5.95. The Hall–Kier alpha value is -3.61. The normalized spacial score (nSPS) is 11.5. The minimum Gasteiger partial charge on any atom is -0.489 e. The van der Waals surface area contributed by atoms with Crippen LogP contribution >= 0.6 is 0 Å². The Balaban J connectivity index is 1.57. The van der Waals surface area contributed by atoms with Crippen LogP contribution in [0.1, 0.15) is 32.6 Å². The Morgan fingerprint density at radius 3 is 2.33 bits per heavy atom. The molecule has 3 aromatic carbocycles. The van der Waals surface area contributed by atoms with Crippen molar-refractivity contribution in [3.63, 3.8) is 0 Å². The van der Waals surface area contributed by atoms with Crippen LogP contribution in [0.3, 0.4) is 0 Å². The molecule has 30 heavy (non-hydrogen) atoms. The number of aryl methyl sites for hydroxylation is 1. The Bertz CT molecular complexity index is 1030. The number of hydrogen-bond acceptors (Lipinski definition) is 3. The highest BCUT2D eigenvalue weighted by Gasteiger charge is 2.32. The molecule has 0 spiro atoms. The van der Waals surface area contributed by atoms with Crippen LogP contribution in [-0.4, -0.2) is 12.1 Å². The molecule has 0 heterocycles. The summed E-state index contributed by atoms with van der Waals surface area (Å²) < 4.78 is 44.6. The Kier molecular flexibility index (Phi) is 6.51. The van der Waals surface area contributed by atoms with Gasteiger partial charge in [0.2, 0.25) is 0 Å². The van der Waals surface area contributed by atoms with Crippen molar-refractivity contribution < 1.29 is 22.7 Å². The largest absolute Gasteiger partial charge is 0.489 e. The highest BCUT2D eigenvalue weighted by atomic mass is 19.4. The molecule has 154 valence electrons. The summed E-state index contributed by atoms with van der Waals surface area (Å²) in [5.41, 5.74) is 3.77. The van der Waals surface area contributed by atoms with Crippen molar-refractivity contribution in [1.82, 2.24) is 5.43 Å². The molecule has 0 aliphatic carbocycles. The first-order valence-electron chi connectivity index (χ1n) is 9.11. The van der Waals surface area contributed by atoms with Gasteiger partial charge in [-0.1, -0.05) is 48.0 Å². The predicted molar refractivity (Wildman–Crippen MR) is 108 cm³/mol. The van der Waals surface area contributed by atoms with Crippen LogP contribution in [0.25, 0.3) is 0 Å². The second-order valence-electron chi connectivity index (χ2n) is 6.58. The first kappa shape index (κ1) is 21.1. The van der Waals surface area contributed by atoms with Crippen molar-refractivity contribution in [2.45, 2.75) is 19.7 Å². The molecule has 3 rings (SSSR count). The van der Waals surface area contributed by atoms with E-state index in [-0.39, 0.29) is 5.56 Å². The van der Waals surface area contributed by atoms with Crippen molar-refractivity contribution in [2.24, 2.45) is 5.10 Å². The number of ether oxygens (including phenoxy) is 1. The molecular weight excluding hydrogens is 393 g/mol. The van der Waals surface area contributed by atoms with Crippen LogP contribution < -0.4 is 10.2 Å². The van der Waals surface area contributed by atoms with E-state index < -0.39 is 17.6 Å². The molecule has 0 saturated carbocycles. The van der Waals surface area contributed by atoms with Gasteiger partial charge in [-0.15, -0.1) is 0 Å². The maximum atomic E-state index is 13.0. The van der Waals surface area contributed by atoms with Gasteiger partial charge >= 0.3 is 6.18 Å². The molecule has 1 amide bonds. The van der Waals surface area contributed by atoms with Gasteiger partial charge in [-0.05, 0) is 42.8 Å². The SMILES string of the molecule is Cc1ccc(COc2ccc(C(=O)N/N=C\c3ccccc3C(F)(F)F)cc2)cc1. The number of halogens is 3. The van der Waals surface area contributed by atoms with Crippen molar-refractivity contribution in [3.8, 4) is 5.75 Å². The Morgan fingerprint density at radius 1 is 1.00 bits per heavy atom. The predicted octanol–water partition coefficient (Wildman–Crippen LogP) is 5.36. The van der Waals surface area contributed by atoms with Gasteiger partial charge in [0.15, 0.2) is 0 Å². The van der Waals surface area contributed by atoms with Crippen molar-refractivity contribution in [1.29, 1.82) is 0 Å². The number of benzene rings is 3. The van der Waals surface area contributed by atoms with Crippen molar-refractivity contribution in [3.05, 3.63) is 101 Å². The number of alkyl halides is 3. The third-order valence-corrected chi connectivity index (χ3v) is 4.28. The number of nitrogens with one attached hydrogen (secondary N) is 1. The molecule has 0 radical (unpaired) electrons. The van der Waals surface area contributed by atoms with Crippen LogP contribution in [-0.2, 0) is 12.8 Å². The molecule has 0 unspecified atom stereocenters. The van der Waals surface area contributed by atoms with E-state index in [4.69, 9.17) is 4.74 Å². The van der Waals surface area contributed by atoms with Gasteiger partial charge in [-0.3, -0.25) is 4.79 Å². The maximum Gasteiger partial charge on any atom is 0.417 e.